The van der Waals surface area contributed by atoms with Crippen LogP contribution in [0.1, 0.15) is 41.1 Å². The molecule has 1 fully saturated rings. The molecule has 0 unspecified atom stereocenters. The summed E-state index contributed by atoms with van der Waals surface area (Å²) in [6, 6.07) is 14.4. The summed E-state index contributed by atoms with van der Waals surface area (Å²) in [5.41, 5.74) is 4.96. The number of likely N-dealkylation sites (tertiary alicyclic amines) is 1. The van der Waals surface area contributed by atoms with E-state index in [-0.39, 0.29) is 5.63 Å². The first kappa shape index (κ1) is 20.6. The lowest BCUT2D eigenvalue weighted by molar-refractivity contribution is 0.238. The van der Waals surface area contributed by atoms with E-state index in [0.717, 1.165) is 41.9 Å². The molecule has 2 heterocycles. The van der Waals surface area contributed by atoms with Gasteiger partial charge in [0, 0.05) is 30.6 Å². The fourth-order valence-electron chi connectivity index (χ4n) is 4.31. The molecule has 5 heteroatoms. The molecule has 4 rings (SSSR count). The molecule has 2 aromatic carbocycles. The van der Waals surface area contributed by atoms with Gasteiger partial charge in [-0.3, -0.25) is 4.90 Å². The van der Waals surface area contributed by atoms with Crippen molar-refractivity contribution in [2.45, 2.75) is 39.3 Å². The Kier molecular flexibility index (Phi) is 6.21. The third kappa shape index (κ3) is 4.42. The summed E-state index contributed by atoms with van der Waals surface area (Å²) < 4.78 is 10.8. The fourth-order valence-corrected chi connectivity index (χ4v) is 4.31. The summed E-state index contributed by atoms with van der Waals surface area (Å²) >= 11 is 0. The Labute approximate surface area is 177 Å². The number of fused-ring (bicyclic) bond motifs is 1. The number of aryl methyl sites for hydroxylation is 2. The zero-order valence-electron chi connectivity index (χ0n) is 18.0. The highest BCUT2D eigenvalue weighted by atomic mass is 16.5. The van der Waals surface area contributed by atoms with Crippen molar-refractivity contribution < 1.29 is 9.15 Å². The van der Waals surface area contributed by atoms with Gasteiger partial charge >= 0.3 is 5.63 Å². The standard InChI is InChI=1S/C25H30N2O3/c1-17-12-22-20(14-25(28)30-24(22)13-18(17)2)15-26-16-23(27-10-4-5-11-27)19-6-8-21(29-3)9-7-19/h6-9,12-14,23,26H,4-5,10-11,15-16H2,1-3H3/t23-/m0/s1. The SMILES string of the molecule is COc1ccc([C@H](CNCc2cc(=O)oc3cc(C)c(C)cc23)N2CCCC2)cc1. The zero-order chi connectivity index (χ0) is 21.1. The molecule has 0 aliphatic carbocycles. The Bertz CT molecular complexity index is 1070. The van der Waals surface area contributed by atoms with Gasteiger partial charge in [-0.05, 0) is 86.3 Å². The van der Waals surface area contributed by atoms with Crippen LogP contribution in [0.5, 0.6) is 5.75 Å². The van der Waals surface area contributed by atoms with E-state index in [1.54, 1.807) is 13.2 Å². The number of ether oxygens (including phenoxy) is 1. The Morgan fingerprint density at radius 2 is 1.77 bits per heavy atom. The van der Waals surface area contributed by atoms with E-state index in [1.807, 2.05) is 25.1 Å². The monoisotopic (exact) mass is 406 g/mol. The molecular weight excluding hydrogens is 376 g/mol. The van der Waals surface area contributed by atoms with E-state index in [4.69, 9.17) is 9.15 Å². The average molecular weight is 407 g/mol. The number of nitrogens with one attached hydrogen (secondary N) is 1. The lowest BCUT2D eigenvalue weighted by Gasteiger charge is -2.28. The molecule has 1 N–H and O–H groups in total. The first-order valence-corrected chi connectivity index (χ1v) is 10.7. The Hall–Kier alpha value is -2.63. The second-order valence-corrected chi connectivity index (χ2v) is 8.19. The number of methoxy groups -OCH3 is 1. The molecule has 0 radical (unpaired) electrons. The van der Waals surface area contributed by atoms with Crippen LogP contribution in [0.4, 0.5) is 0 Å². The molecule has 1 aromatic heterocycles. The molecule has 158 valence electrons. The van der Waals surface area contributed by atoms with Gasteiger partial charge < -0.3 is 14.5 Å². The number of nitrogens with zero attached hydrogens (tertiary/aromatic N) is 1. The van der Waals surface area contributed by atoms with Crippen molar-refractivity contribution in [2.24, 2.45) is 0 Å². The first-order chi connectivity index (χ1) is 14.5. The van der Waals surface area contributed by atoms with Crippen molar-refractivity contribution >= 4 is 11.0 Å². The molecule has 1 saturated heterocycles. The normalized spacial score (nSPS) is 15.6. The summed E-state index contributed by atoms with van der Waals surface area (Å²) in [6.07, 6.45) is 2.49. The number of benzene rings is 2. The molecule has 1 aliphatic rings. The van der Waals surface area contributed by atoms with Crippen LogP contribution in [0.15, 0.2) is 51.7 Å². The molecule has 30 heavy (non-hydrogen) atoms. The smallest absolute Gasteiger partial charge is 0.336 e. The minimum atomic E-state index is -0.297. The van der Waals surface area contributed by atoms with Gasteiger partial charge in [0.2, 0.25) is 0 Å². The van der Waals surface area contributed by atoms with Gasteiger partial charge in [0.1, 0.15) is 11.3 Å². The minimum Gasteiger partial charge on any atom is -0.497 e. The van der Waals surface area contributed by atoms with E-state index < -0.39 is 0 Å². The van der Waals surface area contributed by atoms with Crippen LogP contribution < -0.4 is 15.7 Å². The third-order valence-corrected chi connectivity index (χ3v) is 6.18. The van der Waals surface area contributed by atoms with Crippen molar-refractivity contribution in [1.82, 2.24) is 10.2 Å². The van der Waals surface area contributed by atoms with E-state index in [2.05, 4.69) is 35.3 Å². The zero-order valence-corrected chi connectivity index (χ0v) is 18.0. The van der Waals surface area contributed by atoms with Crippen molar-refractivity contribution in [1.29, 1.82) is 0 Å². The van der Waals surface area contributed by atoms with Gasteiger partial charge in [-0.15, -0.1) is 0 Å². The van der Waals surface area contributed by atoms with Crippen LogP contribution in [0, 0.1) is 13.8 Å². The van der Waals surface area contributed by atoms with E-state index in [9.17, 15) is 4.79 Å². The van der Waals surface area contributed by atoms with Crippen LogP contribution >= 0.6 is 0 Å². The van der Waals surface area contributed by atoms with E-state index in [0.29, 0.717) is 18.2 Å². The van der Waals surface area contributed by atoms with Gasteiger partial charge in [0.15, 0.2) is 0 Å². The molecule has 0 saturated carbocycles. The Balaban J connectivity index is 1.54. The first-order valence-electron chi connectivity index (χ1n) is 10.7. The predicted molar refractivity (Wildman–Crippen MR) is 120 cm³/mol. The summed E-state index contributed by atoms with van der Waals surface area (Å²) in [7, 11) is 1.69. The topological polar surface area (TPSA) is 54.7 Å². The second-order valence-electron chi connectivity index (χ2n) is 8.19. The van der Waals surface area contributed by atoms with Gasteiger partial charge in [-0.25, -0.2) is 4.79 Å². The van der Waals surface area contributed by atoms with Gasteiger partial charge in [-0.1, -0.05) is 12.1 Å². The lowest BCUT2D eigenvalue weighted by atomic mass is 10.0. The maximum atomic E-state index is 12.1. The second kappa shape index (κ2) is 9.02. The molecule has 1 aliphatic heterocycles. The molecule has 5 nitrogen and oxygen atoms in total. The summed E-state index contributed by atoms with van der Waals surface area (Å²) in [5.74, 6) is 0.875. The molecule has 1 atom stereocenters. The molecular formula is C25H30N2O3. The van der Waals surface area contributed by atoms with E-state index >= 15 is 0 Å². The molecule has 3 aromatic rings. The van der Waals surface area contributed by atoms with Crippen LogP contribution in [0.3, 0.4) is 0 Å². The van der Waals surface area contributed by atoms with Gasteiger partial charge in [0.05, 0.1) is 7.11 Å². The minimum absolute atomic E-state index is 0.297. The predicted octanol–water partition coefficient (Wildman–Crippen LogP) is 4.35. The van der Waals surface area contributed by atoms with Gasteiger partial charge in [0.25, 0.3) is 0 Å². The Morgan fingerprint density at radius 3 is 2.47 bits per heavy atom. The number of hydrogen-bond acceptors (Lipinski definition) is 5. The quantitative estimate of drug-likeness (QED) is 0.592. The fraction of sp³-hybridized carbons (Fsp3) is 0.400. The Morgan fingerprint density at radius 1 is 1.07 bits per heavy atom. The van der Waals surface area contributed by atoms with E-state index in [1.165, 1.54) is 24.0 Å². The average Bonchev–Trinajstić information content (AvgIpc) is 3.27. The van der Waals surface area contributed by atoms with Crippen molar-refractivity contribution in [3.05, 3.63) is 75.1 Å². The van der Waals surface area contributed by atoms with Crippen LogP contribution in [0.2, 0.25) is 0 Å². The highest BCUT2D eigenvalue weighted by Gasteiger charge is 2.23. The highest BCUT2D eigenvalue weighted by Crippen LogP contribution is 2.27. The molecule has 0 bridgehead atoms. The maximum Gasteiger partial charge on any atom is 0.336 e. The highest BCUT2D eigenvalue weighted by molar-refractivity contribution is 5.81. The van der Waals surface area contributed by atoms with Crippen molar-refractivity contribution in [2.75, 3.05) is 26.7 Å². The largest absolute Gasteiger partial charge is 0.497 e. The van der Waals surface area contributed by atoms with Crippen LogP contribution in [-0.4, -0.2) is 31.6 Å². The van der Waals surface area contributed by atoms with Crippen LogP contribution in [0.25, 0.3) is 11.0 Å². The number of rotatable bonds is 7. The maximum absolute atomic E-state index is 12.1. The van der Waals surface area contributed by atoms with Crippen LogP contribution in [-0.2, 0) is 6.54 Å². The summed E-state index contributed by atoms with van der Waals surface area (Å²) in [5, 5.41) is 4.61. The van der Waals surface area contributed by atoms with Crippen molar-refractivity contribution in [3.8, 4) is 5.75 Å². The van der Waals surface area contributed by atoms with Gasteiger partial charge in [-0.2, -0.15) is 0 Å². The molecule has 0 amide bonds. The summed E-state index contributed by atoms with van der Waals surface area (Å²) in [6.45, 7) is 7.81. The molecule has 0 spiro atoms. The third-order valence-electron chi connectivity index (χ3n) is 6.18. The number of hydrogen-bond donors (Lipinski definition) is 1. The van der Waals surface area contributed by atoms with Crippen molar-refractivity contribution in [3.63, 3.8) is 0 Å². The lowest BCUT2D eigenvalue weighted by Crippen LogP contribution is -2.34. The summed E-state index contributed by atoms with van der Waals surface area (Å²) in [4.78, 5) is 14.6.